The number of hydrogen-bond donors (Lipinski definition) is 0. The van der Waals surface area contributed by atoms with Gasteiger partial charge < -0.3 is 4.42 Å². The molecule has 2 aliphatic rings. The summed E-state index contributed by atoms with van der Waals surface area (Å²) in [5.41, 5.74) is 2.81. The van der Waals surface area contributed by atoms with E-state index in [9.17, 15) is 0 Å². The molecule has 2 aliphatic heterocycles. The van der Waals surface area contributed by atoms with Crippen LogP contribution in [0.4, 0.5) is 0 Å². The number of para-hydroxylation sites is 2. The van der Waals surface area contributed by atoms with Crippen molar-refractivity contribution in [1.29, 1.82) is 0 Å². The standard InChI is InChI=1S/C15H9NO/c1-4-8-14-10(5-1)9-13-15(17-14)11-6-2-3-7-12(11)16-13/h1-9H. The smallest absolute Gasteiger partial charge is 0.162 e. The molecule has 0 fully saturated rings. The van der Waals surface area contributed by atoms with Gasteiger partial charge in [0.25, 0.3) is 0 Å². The van der Waals surface area contributed by atoms with Gasteiger partial charge in [-0.05, 0) is 24.3 Å². The zero-order chi connectivity index (χ0) is 11.2. The summed E-state index contributed by atoms with van der Waals surface area (Å²) in [5.74, 6) is 0.874. The van der Waals surface area contributed by atoms with Gasteiger partial charge in [0.2, 0.25) is 0 Å². The van der Waals surface area contributed by atoms with Crippen molar-refractivity contribution in [3.63, 3.8) is 0 Å². The largest absolute Gasteiger partial charge is 0.454 e. The highest BCUT2D eigenvalue weighted by Crippen LogP contribution is 2.34. The van der Waals surface area contributed by atoms with Crippen molar-refractivity contribution in [2.75, 3.05) is 0 Å². The lowest BCUT2D eigenvalue weighted by Gasteiger charge is -2.01. The van der Waals surface area contributed by atoms with E-state index < -0.39 is 0 Å². The molecule has 4 rings (SSSR count). The highest BCUT2D eigenvalue weighted by Gasteiger charge is 2.14. The minimum absolute atomic E-state index is 0.874. The zero-order valence-electron chi connectivity index (χ0n) is 9.05. The Morgan fingerprint density at radius 3 is 2.71 bits per heavy atom. The number of fused-ring (bicyclic) bond motifs is 4. The van der Waals surface area contributed by atoms with Crippen LogP contribution in [0.25, 0.3) is 33.3 Å². The van der Waals surface area contributed by atoms with E-state index in [1.165, 1.54) is 0 Å². The molecule has 2 nitrogen and oxygen atoms in total. The third kappa shape index (κ3) is 1.18. The Balaban J connectivity index is 2.25. The first-order valence-corrected chi connectivity index (χ1v) is 5.59. The van der Waals surface area contributed by atoms with Gasteiger partial charge in [-0.1, -0.05) is 30.3 Å². The first-order valence-electron chi connectivity index (χ1n) is 5.59. The Kier molecular flexibility index (Phi) is 1.59. The maximum atomic E-state index is 5.94. The SMILES string of the molecule is c1ccc2oc3c4ccccc4nc-3cc2c1. The Hall–Kier alpha value is -2.35. The third-order valence-electron chi connectivity index (χ3n) is 3.05. The van der Waals surface area contributed by atoms with Gasteiger partial charge in [0.15, 0.2) is 5.76 Å². The topological polar surface area (TPSA) is 26.0 Å². The molecule has 0 N–H and O–H groups in total. The molecule has 0 atom stereocenters. The maximum Gasteiger partial charge on any atom is 0.162 e. The van der Waals surface area contributed by atoms with E-state index in [1.54, 1.807) is 0 Å². The lowest BCUT2D eigenvalue weighted by atomic mass is 10.1. The van der Waals surface area contributed by atoms with Crippen molar-refractivity contribution in [3.05, 3.63) is 54.6 Å². The van der Waals surface area contributed by atoms with Gasteiger partial charge in [-0.25, -0.2) is 4.98 Å². The molecule has 2 aromatic rings. The van der Waals surface area contributed by atoms with Crippen molar-refractivity contribution >= 4 is 21.9 Å². The molecule has 0 bridgehead atoms. The zero-order valence-corrected chi connectivity index (χ0v) is 9.05. The quantitative estimate of drug-likeness (QED) is 0.445. The van der Waals surface area contributed by atoms with Crippen molar-refractivity contribution in [1.82, 2.24) is 4.98 Å². The molecule has 17 heavy (non-hydrogen) atoms. The van der Waals surface area contributed by atoms with Crippen LogP contribution in [0.5, 0.6) is 0 Å². The summed E-state index contributed by atoms with van der Waals surface area (Å²) in [7, 11) is 0. The first-order chi connectivity index (χ1) is 8.42. The molecule has 0 spiro atoms. The monoisotopic (exact) mass is 219 g/mol. The van der Waals surface area contributed by atoms with Crippen molar-refractivity contribution in [3.8, 4) is 11.5 Å². The number of rotatable bonds is 0. The molecular formula is C15H9NO. The maximum absolute atomic E-state index is 5.94. The van der Waals surface area contributed by atoms with E-state index in [0.717, 1.165) is 33.3 Å². The molecule has 0 aliphatic carbocycles. The van der Waals surface area contributed by atoms with Crippen LogP contribution >= 0.6 is 0 Å². The van der Waals surface area contributed by atoms with E-state index in [1.807, 2.05) is 48.5 Å². The van der Waals surface area contributed by atoms with Crippen LogP contribution in [0.15, 0.2) is 59.0 Å². The van der Waals surface area contributed by atoms with Crippen LogP contribution < -0.4 is 0 Å². The summed E-state index contributed by atoms with van der Waals surface area (Å²) < 4.78 is 5.94. The molecule has 2 heterocycles. The molecule has 2 aromatic carbocycles. The van der Waals surface area contributed by atoms with E-state index >= 15 is 0 Å². The normalized spacial score (nSPS) is 11.5. The van der Waals surface area contributed by atoms with E-state index in [0.29, 0.717) is 0 Å². The summed E-state index contributed by atoms with van der Waals surface area (Å²) in [4.78, 5) is 4.57. The van der Waals surface area contributed by atoms with Crippen LogP contribution in [-0.4, -0.2) is 4.98 Å². The summed E-state index contributed by atoms with van der Waals surface area (Å²) in [6.45, 7) is 0. The number of benzene rings is 2. The number of nitrogens with zero attached hydrogens (tertiary/aromatic N) is 1. The van der Waals surface area contributed by atoms with Crippen molar-refractivity contribution in [2.45, 2.75) is 0 Å². The average molecular weight is 219 g/mol. The Morgan fingerprint density at radius 1 is 0.882 bits per heavy atom. The second-order valence-corrected chi connectivity index (χ2v) is 4.13. The predicted molar refractivity (Wildman–Crippen MR) is 68.1 cm³/mol. The number of hydrogen-bond acceptors (Lipinski definition) is 2. The predicted octanol–water partition coefficient (Wildman–Crippen LogP) is 4.09. The summed E-state index contributed by atoms with van der Waals surface area (Å²) in [6.07, 6.45) is 0. The van der Waals surface area contributed by atoms with Gasteiger partial charge in [-0.15, -0.1) is 0 Å². The van der Waals surface area contributed by atoms with Crippen molar-refractivity contribution in [2.24, 2.45) is 0 Å². The Bertz CT molecular complexity index is 794. The summed E-state index contributed by atoms with van der Waals surface area (Å²) in [5, 5.41) is 2.16. The van der Waals surface area contributed by atoms with Crippen LogP contribution in [0.2, 0.25) is 0 Å². The minimum Gasteiger partial charge on any atom is -0.454 e. The van der Waals surface area contributed by atoms with Crippen molar-refractivity contribution < 1.29 is 4.42 Å². The summed E-state index contributed by atoms with van der Waals surface area (Å²) in [6, 6.07) is 18.1. The van der Waals surface area contributed by atoms with Crippen LogP contribution in [-0.2, 0) is 0 Å². The highest BCUT2D eigenvalue weighted by atomic mass is 16.3. The van der Waals surface area contributed by atoms with Gasteiger partial charge in [0.05, 0.1) is 5.52 Å². The highest BCUT2D eigenvalue weighted by molar-refractivity contribution is 5.97. The van der Waals surface area contributed by atoms with Crippen LogP contribution in [0.1, 0.15) is 0 Å². The molecule has 0 unspecified atom stereocenters. The van der Waals surface area contributed by atoms with E-state index in [4.69, 9.17) is 4.42 Å². The van der Waals surface area contributed by atoms with Crippen LogP contribution in [0.3, 0.4) is 0 Å². The Labute approximate surface area is 97.8 Å². The molecule has 0 saturated carbocycles. The average Bonchev–Trinajstić information content (AvgIpc) is 2.73. The molecule has 80 valence electrons. The molecule has 2 heteroatoms. The molecular weight excluding hydrogens is 210 g/mol. The van der Waals surface area contributed by atoms with Gasteiger partial charge in [0, 0.05) is 10.8 Å². The Morgan fingerprint density at radius 2 is 1.71 bits per heavy atom. The molecule has 0 radical (unpaired) electrons. The second-order valence-electron chi connectivity index (χ2n) is 4.13. The molecule has 0 saturated heterocycles. The molecule has 0 amide bonds. The summed E-state index contributed by atoms with van der Waals surface area (Å²) >= 11 is 0. The first kappa shape index (κ1) is 8.76. The van der Waals surface area contributed by atoms with Gasteiger partial charge in [-0.2, -0.15) is 0 Å². The minimum atomic E-state index is 0.874. The van der Waals surface area contributed by atoms with Gasteiger partial charge in [-0.3, -0.25) is 0 Å². The van der Waals surface area contributed by atoms with E-state index in [-0.39, 0.29) is 0 Å². The lowest BCUT2D eigenvalue weighted by molar-refractivity contribution is 0.624. The van der Waals surface area contributed by atoms with E-state index in [2.05, 4.69) is 11.1 Å². The second kappa shape index (κ2) is 3.08. The molecule has 0 aromatic heterocycles. The van der Waals surface area contributed by atoms with Gasteiger partial charge in [0.1, 0.15) is 11.3 Å². The number of aromatic nitrogens is 1. The fourth-order valence-corrected chi connectivity index (χ4v) is 2.24. The van der Waals surface area contributed by atoms with Crippen LogP contribution in [0, 0.1) is 0 Å². The third-order valence-corrected chi connectivity index (χ3v) is 3.05. The van der Waals surface area contributed by atoms with Gasteiger partial charge >= 0.3 is 0 Å². The lowest BCUT2D eigenvalue weighted by Crippen LogP contribution is -1.78. The fourth-order valence-electron chi connectivity index (χ4n) is 2.24. The fraction of sp³-hybridized carbons (Fsp3) is 0.